The lowest BCUT2D eigenvalue weighted by molar-refractivity contribution is -0.118. The minimum atomic E-state index is -1.08. The maximum atomic E-state index is 12.0. The van der Waals surface area contributed by atoms with E-state index in [0.717, 1.165) is 25.8 Å². The number of hydrogen-bond donors (Lipinski definition) is 3. The third-order valence-electron chi connectivity index (χ3n) is 3.04. The van der Waals surface area contributed by atoms with Gasteiger partial charge >= 0.3 is 5.97 Å². The van der Waals surface area contributed by atoms with E-state index >= 15 is 0 Å². The van der Waals surface area contributed by atoms with Gasteiger partial charge in [-0.25, -0.2) is 4.79 Å². The molecule has 5 nitrogen and oxygen atoms in total. The summed E-state index contributed by atoms with van der Waals surface area (Å²) in [6.45, 7) is 0.827. The molecule has 0 aromatic heterocycles. The second-order valence-corrected chi connectivity index (χ2v) is 4.96. The van der Waals surface area contributed by atoms with Gasteiger partial charge in [-0.2, -0.15) is 0 Å². The van der Waals surface area contributed by atoms with E-state index in [1.807, 2.05) is 0 Å². The standard InChI is InChI=1S/C13H15ClN2O3/c14-9-5-8(13(18)19)6-10(7-9)16-12(17)11-3-1-2-4-15-11/h5-7,11,15H,1-4H2,(H,16,17)(H,18,19). The summed E-state index contributed by atoms with van der Waals surface area (Å²) in [4.78, 5) is 22.9. The molecule has 1 aliphatic heterocycles. The van der Waals surface area contributed by atoms with Crippen LogP contribution in [0, 0.1) is 0 Å². The van der Waals surface area contributed by atoms with Gasteiger partial charge in [0.2, 0.25) is 5.91 Å². The van der Waals surface area contributed by atoms with Crippen LogP contribution in [-0.2, 0) is 4.79 Å². The van der Waals surface area contributed by atoms with Gasteiger partial charge in [-0.15, -0.1) is 0 Å². The number of hydrogen-bond acceptors (Lipinski definition) is 3. The van der Waals surface area contributed by atoms with Crippen LogP contribution in [0.3, 0.4) is 0 Å². The quantitative estimate of drug-likeness (QED) is 0.793. The second kappa shape index (κ2) is 6.04. The Hall–Kier alpha value is -1.59. The molecule has 3 N–H and O–H groups in total. The fourth-order valence-corrected chi connectivity index (χ4v) is 2.33. The van der Waals surface area contributed by atoms with Gasteiger partial charge < -0.3 is 15.7 Å². The zero-order valence-electron chi connectivity index (χ0n) is 10.3. The van der Waals surface area contributed by atoms with Gasteiger partial charge in [0.05, 0.1) is 11.6 Å². The van der Waals surface area contributed by atoms with E-state index in [1.54, 1.807) is 0 Å². The zero-order valence-corrected chi connectivity index (χ0v) is 11.0. The Morgan fingerprint density at radius 1 is 1.32 bits per heavy atom. The van der Waals surface area contributed by atoms with E-state index in [-0.39, 0.29) is 22.5 Å². The normalized spacial score (nSPS) is 18.9. The van der Waals surface area contributed by atoms with Crippen LogP contribution in [0.15, 0.2) is 18.2 Å². The Bertz CT molecular complexity index is 499. The maximum Gasteiger partial charge on any atom is 0.335 e. The summed E-state index contributed by atoms with van der Waals surface area (Å²) in [5, 5.41) is 15.0. The number of benzene rings is 1. The molecule has 1 amide bonds. The summed E-state index contributed by atoms with van der Waals surface area (Å²) in [6.07, 6.45) is 2.88. The van der Waals surface area contributed by atoms with E-state index < -0.39 is 5.97 Å². The molecule has 0 radical (unpaired) electrons. The maximum absolute atomic E-state index is 12.0. The lowest BCUT2D eigenvalue weighted by atomic mass is 10.0. The van der Waals surface area contributed by atoms with Gasteiger partial charge in [0.25, 0.3) is 0 Å². The lowest BCUT2D eigenvalue weighted by Crippen LogP contribution is -2.43. The van der Waals surface area contributed by atoms with E-state index in [9.17, 15) is 9.59 Å². The molecule has 1 aliphatic rings. The molecule has 0 bridgehead atoms. The van der Waals surface area contributed by atoms with E-state index in [1.165, 1.54) is 18.2 Å². The molecule has 0 spiro atoms. The smallest absolute Gasteiger partial charge is 0.335 e. The minimum absolute atomic E-state index is 0.0550. The molecule has 1 aromatic carbocycles. The fraction of sp³-hybridized carbons (Fsp3) is 0.385. The molecule has 0 aliphatic carbocycles. The number of nitrogens with one attached hydrogen (secondary N) is 2. The molecule has 0 saturated carbocycles. The molecule has 6 heteroatoms. The Kier molecular flexibility index (Phi) is 4.39. The Morgan fingerprint density at radius 3 is 2.74 bits per heavy atom. The van der Waals surface area contributed by atoms with Gasteiger partial charge in [-0.1, -0.05) is 18.0 Å². The van der Waals surface area contributed by atoms with Crippen molar-refractivity contribution in [1.29, 1.82) is 0 Å². The lowest BCUT2D eigenvalue weighted by Gasteiger charge is -2.22. The fourth-order valence-electron chi connectivity index (χ4n) is 2.09. The van der Waals surface area contributed by atoms with Crippen molar-refractivity contribution >= 4 is 29.2 Å². The molecule has 2 rings (SSSR count). The van der Waals surface area contributed by atoms with Crippen LogP contribution >= 0.6 is 11.6 Å². The van der Waals surface area contributed by atoms with Crippen LogP contribution in [0.25, 0.3) is 0 Å². The number of carboxylic acid groups (broad SMARTS) is 1. The SMILES string of the molecule is O=C(O)c1cc(Cl)cc(NC(=O)C2CCCCN2)c1. The predicted molar refractivity (Wildman–Crippen MR) is 72.7 cm³/mol. The highest BCUT2D eigenvalue weighted by molar-refractivity contribution is 6.31. The highest BCUT2D eigenvalue weighted by Crippen LogP contribution is 2.20. The van der Waals surface area contributed by atoms with Crippen LogP contribution in [0.2, 0.25) is 5.02 Å². The van der Waals surface area contributed by atoms with Crippen LogP contribution in [0.4, 0.5) is 5.69 Å². The van der Waals surface area contributed by atoms with E-state index in [0.29, 0.717) is 5.69 Å². The third-order valence-corrected chi connectivity index (χ3v) is 3.26. The van der Waals surface area contributed by atoms with Crippen molar-refractivity contribution in [3.8, 4) is 0 Å². The molecule has 1 aromatic rings. The average molecular weight is 283 g/mol. The predicted octanol–water partition coefficient (Wildman–Crippen LogP) is 2.12. The number of piperidine rings is 1. The van der Waals surface area contributed by atoms with Gasteiger partial charge in [-0.05, 0) is 37.6 Å². The van der Waals surface area contributed by atoms with Crippen LogP contribution in [0.1, 0.15) is 29.6 Å². The Labute approximate surface area is 116 Å². The Morgan fingerprint density at radius 2 is 2.11 bits per heavy atom. The molecule has 1 saturated heterocycles. The van der Waals surface area contributed by atoms with Crippen molar-refractivity contribution in [3.63, 3.8) is 0 Å². The highest BCUT2D eigenvalue weighted by Gasteiger charge is 2.20. The molecule has 1 atom stereocenters. The number of aromatic carboxylic acids is 1. The number of carbonyl (C=O) groups excluding carboxylic acids is 1. The average Bonchev–Trinajstić information content (AvgIpc) is 2.39. The van der Waals surface area contributed by atoms with Crippen molar-refractivity contribution in [1.82, 2.24) is 5.32 Å². The number of amides is 1. The molecule has 1 unspecified atom stereocenters. The largest absolute Gasteiger partial charge is 0.478 e. The molecular formula is C13H15ClN2O3. The summed E-state index contributed by atoms with van der Waals surface area (Å²) in [7, 11) is 0. The summed E-state index contributed by atoms with van der Waals surface area (Å²) >= 11 is 5.83. The van der Waals surface area contributed by atoms with Gasteiger partial charge in [-0.3, -0.25) is 4.79 Å². The summed E-state index contributed by atoms with van der Waals surface area (Å²) in [5.41, 5.74) is 0.460. The number of carbonyl (C=O) groups is 2. The van der Waals surface area contributed by atoms with Crippen molar-refractivity contribution in [3.05, 3.63) is 28.8 Å². The minimum Gasteiger partial charge on any atom is -0.478 e. The number of carboxylic acids is 1. The van der Waals surface area contributed by atoms with Crippen LogP contribution < -0.4 is 10.6 Å². The van der Waals surface area contributed by atoms with Crippen molar-refractivity contribution in [2.75, 3.05) is 11.9 Å². The van der Waals surface area contributed by atoms with Crippen LogP contribution in [-0.4, -0.2) is 29.6 Å². The first kappa shape index (κ1) is 13.8. The molecular weight excluding hydrogens is 268 g/mol. The highest BCUT2D eigenvalue weighted by atomic mass is 35.5. The summed E-state index contributed by atoms with van der Waals surface area (Å²) in [5.74, 6) is -1.23. The summed E-state index contributed by atoms with van der Waals surface area (Å²) < 4.78 is 0. The first-order valence-corrected chi connectivity index (χ1v) is 6.52. The topological polar surface area (TPSA) is 78.4 Å². The third kappa shape index (κ3) is 3.68. The number of anilines is 1. The second-order valence-electron chi connectivity index (χ2n) is 4.53. The molecule has 19 heavy (non-hydrogen) atoms. The van der Waals surface area contributed by atoms with Crippen molar-refractivity contribution in [2.45, 2.75) is 25.3 Å². The molecule has 102 valence electrons. The molecule has 1 heterocycles. The monoisotopic (exact) mass is 282 g/mol. The molecule has 1 fully saturated rings. The number of rotatable bonds is 3. The van der Waals surface area contributed by atoms with Crippen molar-refractivity contribution in [2.24, 2.45) is 0 Å². The van der Waals surface area contributed by atoms with Crippen molar-refractivity contribution < 1.29 is 14.7 Å². The van der Waals surface area contributed by atoms with E-state index in [4.69, 9.17) is 16.7 Å². The first-order chi connectivity index (χ1) is 9.06. The number of halogens is 1. The van der Waals surface area contributed by atoms with Gasteiger partial charge in [0, 0.05) is 10.7 Å². The zero-order chi connectivity index (χ0) is 13.8. The van der Waals surface area contributed by atoms with Crippen LogP contribution in [0.5, 0.6) is 0 Å². The first-order valence-electron chi connectivity index (χ1n) is 6.14. The van der Waals surface area contributed by atoms with E-state index in [2.05, 4.69) is 10.6 Å². The van der Waals surface area contributed by atoms with Gasteiger partial charge in [0.15, 0.2) is 0 Å². The van der Waals surface area contributed by atoms with Gasteiger partial charge in [0.1, 0.15) is 0 Å². The summed E-state index contributed by atoms with van der Waals surface area (Å²) in [6, 6.07) is 4.06. The Balaban J connectivity index is 2.09.